The van der Waals surface area contributed by atoms with Crippen molar-refractivity contribution >= 4 is 17.4 Å². The van der Waals surface area contributed by atoms with Gasteiger partial charge >= 0.3 is 0 Å². The molecule has 2 bridgehead atoms. The first-order valence-corrected chi connectivity index (χ1v) is 11.2. The van der Waals surface area contributed by atoms with Crippen molar-refractivity contribution in [2.24, 2.45) is 5.92 Å². The van der Waals surface area contributed by atoms with Gasteiger partial charge < -0.3 is 9.64 Å². The molecule has 0 N–H and O–H groups in total. The molecule has 0 unspecified atom stereocenters. The number of likely N-dealkylation sites (tertiary alicyclic amines) is 1. The molecule has 0 spiro atoms. The molecule has 1 amide bonds. The Hall–Kier alpha value is -2.03. The molecule has 29 heavy (non-hydrogen) atoms. The number of piperidine rings is 1. The Morgan fingerprint density at radius 3 is 3.03 bits per heavy atom. The van der Waals surface area contributed by atoms with Crippen molar-refractivity contribution in [2.45, 2.75) is 31.3 Å². The first-order valence-electron chi connectivity index (χ1n) is 10.4. The van der Waals surface area contributed by atoms with Gasteiger partial charge in [0.1, 0.15) is 6.04 Å². The SMILES string of the molecule is O=C([C@H]1[C@@H]2C[C@@H](CN(Cc3cnsc3)C2)c2cccc(=O)n21)N1CCCOCC1. The Labute approximate surface area is 174 Å². The monoisotopic (exact) mass is 414 g/mol. The Morgan fingerprint density at radius 1 is 1.24 bits per heavy atom. The molecule has 0 radical (unpaired) electrons. The van der Waals surface area contributed by atoms with Crippen molar-refractivity contribution in [3.05, 3.63) is 51.4 Å². The molecule has 3 aliphatic rings. The summed E-state index contributed by atoms with van der Waals surface area (Å²) in [5, 5.41) is 2.09. The van der Waals surface area contributed by atoms with E-state index in [1.807, 2.05) is 23.2 Å². The van der Waals surface area contributed by atoms with Gasteiger partial charge in [0.05, 0.1) is 6.61 Å². The molecule has 154 valence electrons. The van der Waals surface area contributed by atoms with Crippen LogP contribution < -0.4 is 5.56 Å². The average Bonchev–Trinajstić information content (AvgIpc) is 3.07. The molecular weight excluding hydrogens is 388 g/mol. The molecule has 7 nitrogen and oxygen atoms in total. The maximum atomic E-state index is 13.6. The maximum Gasteiger partial charge on any atom is 0.251 e. The zero-order valence-corrected chi connectivity index (χ0v) is 17.2. The largest absolute Gasteiger partial charge is 0.380 e. The fourth-order valence-corrected chi connectivity index (χ4v) is 5.72. The quantitative estimate of drug-likeness (QED) is 0.765. The molecule has 2 aromatic rings. The van der Waals surface area contributed by atoms with Crippen LogP contribution >= 0.6 is 11.5 Å². The van der Waals surface area contributed by atoms with Crippen LogP contribution in [0.5, 0.6) is 0 Å². The zero-order chi connectivity index (χ0) is 19.8. The smallest absolute Gasteiger partial charge is 0.251 e. The minimum absolute atomic E-state index is 0.0582. The summed E-state index contributed by atoms with van der Waals surface area (Å²) in [5.41, 5.74) is 2.16. The summed E-state index contributed by atoms with van der Waals surface area (Å²) >= 11 is 1.47. The molecule has 2 fully saturated rings. The number of fused-ring (bicyclic) bond motifs is 4. The molecule has 0 saturated carbocycles. The molecule has 5 rings (SSSR count). The van der Waals surface area contributed by atoms with E-state index in [-0.39, 0.29) is 23.3 Å². The highest BCUT2D eigenvalue weighted by atomic mass is 32.1. The Morgan fingerprint density at radius 2 is 2.17 bits per heavy atom. The fraction of sp³-hybridized carbons (Fsp3) is 0.571. The van der Waals surface area contributed by atoms with Crippen molar-refractivity contribution < 1.29 is 9.53 Å². The molecule has 2 saturated heterocycles. The minimum atomic E-state index is -0.420. The number of aromatic nitrogens is 2. The van der Waals surface area contributed by atoms with E-state index in [0.717, 1.165) is 38.2 Å². The van der Waals surface area contributed by atoms with Crippen LogP contribution in [0.1, 0.15) is 36.1 Å². The molecule has 3 atom stereocenters. The number of carbonyl (C=O) groups excluding carboxylic acids is 1. The number of rotatable bonds is 3. The Balaban J connectivity index is 1.48. The highest BCUT2D eigenvalue weighted by molar-refractivity contribution is 7.03. The third-order valence-electron chi connectivity index (χ3n) is 6.40. The number of pyridine rings is 1. The van der Waals surface area contributed by atoms with E-state index in [1.165, 1.54) is 17.1 Å². The third-order valence-corrected chi connectivity index (χ3v) is 7.03. The van der Waals surface area contributed by atoms with Crippen molar-refractivity contribution in [3.8, 4) is 0 Å². The predicted octanol–water partition coefficient (Wildman–Crippen LogP) is 1.71. The second kappa shape index (κ2) is 8.01. The van der Waals surface area contributed by atoms with Crippen molar-refractivity contribution in [1.82, 2.24) is 18.7 Å². The fourth-order valence-electron chi connectivity index (χ4n) is 5.19. The van der Waals surface area contributed by atoms with Crippen LogP contribution in [0.4, 0.5) is 0 Å². The van der Waals surface area contributed by atoms with Gasteiger partial charge in [0.2, 0.25) is 5.91 Å². The van der Waals surface area contributed by atoms with Gasteiger partial charge in [0.15, 0.2) is 0 Å². The van der Waals surface area contributed by atoms with E-state index in [9.17, 15) is 9.59 Å². The van der Waals surface area contributed by atoms with Gasteiger partial charge in [-0.15, -0.1) is 0 Å². The van der Waals surface area contributed by atoms with Crippen LogP contribution in [-0.2, 0) is 16.1 Å². The van der Waals surface area contributed by atoms with Crippen LogP contribution in [0.2, 0.25) is 0 Å². The van der Waals surface area contributed by atoms with Gasteiger partial charge in [-0.1, -0.05) is 6.07 Å². The van der Waals surface area contributed by atoms with Crippen molar-refractivity contribution in [2.75, 3.05) is 39.4 Å². The van der Waals surface area contributed by atoms with Crippen LogP contribution in [0, 0.1) is 5.92 Å². The highest BCUT2D eigenvalue weighted by Crippen LogP contribution is 2.42. The summed E-state index contributed by atoms with van der Waals surface area (Å²) in [6, 6.07) is 5.03. The summed E-state index contributed by atoms with van der Waals surface area (Å²) in [6.45, 7) is 5.15. The Kier molecular flexibility index (Phi) is 5.24. The lowest BCUT2D eigenvalue weighted by atomic mass is 9.78. The van der Waals surface area contributed by atoms with Gasteiger partial charge in [0.25, 0.3) is 5.56 Å². The van der Waals surface area contributed by atoms with E-state index < -0.39 is 6.04 Å². The molecule has 0 aromatic carbocycles. The minimum Gasteiger partial charge on any atom is -0.380 e. The summed E-state index contributed by atoms with van der Waals surface area (Å²) in [7, 11) is 0. The summed E-state index contributed by atoms with van der Waals surface area (Å²) in [4.78, 5) is 30.8. The standard InChI is InChI=1S/C21H26N4O3S/c26-19-4-1-3-18-16-9-17(13-23(12-16)11-15-10-22-29-14-15)20(25(18)19)21(27)24-5-2-7-28-8-6-24/h1,3-4,10,14,16-17,20H,2,5-9,11-13H2/t16-,17+,20+/m0/s1. The molecular formula is C21H26N4O3S. The third kappa shape index (κ3) is 3.65. The maximum absolute atomic E-state index is 13.6. The van der Waals surface area contributed by atoms with E-state index >= 15 is 0 Å². The van der Waals surface area contributed by atoms with Gasteiger partial charge in [0, 0.05) is 74.5 Å². The number of hydrogen-bond donors (Lipinski definition) is 0. The number of hydrogen-bond acceptors (Lipinski definition) is 6. The molecule has 8 heteroatoms. The number of nitrogens with zero attached hydrogens (tertiary/aromatic N) is 4. The second-order valence-electron chi connectivity index (χ2n) is 8.31. The normalized spacial score (nSPS) is 27.3. The van der Waals surface area contributed by atoms with Gasteiger partial charge in [-0.25, -0.2) is 4.37 Å². The van der Waals surface area contributed by atoms with E-state index in [4.69, 9.17) is 4.74 Å². The van der Waals surface area contributed by atoms with Crippen LogP contribution in [0.3, 0.4) is 0 Å². The lowest BCUT2D eigenvalue weighted by Gasteiger charge is -2.47. The van der Waals surface area contributed by atoms with Crippen molar-refractivity contribution in [1.29, 1.82) is 0 Å². The van der Waals surface area contributed by atoms with E-state index in [0.29, 0.717) is 26.3 Å². The topological polar surface area (TPSA) is 67.7 Å². The first-order chi connectivity index (χ1) is 14.2. The number of amides is 1. The average molecular weight is 415 g/mol. The summed E-state index contributed by atoms with van der Waals surface area (Å²) < 4.78 is 11.6. The van der Waals surface area contributed by atoms with Crippen LogP contribution in [-0.4, -0.2) is 64.0 Å². The lowest BCUT2D eigenvalue weighted by molar-refractivity contribution is -0.138. The second-order valence-corrected chi connectivity index (χ2v) is 8.97. The Bertz CT molecular complexity index is 920. The number of ether oxygens (including phenoxy) is 1. The molecule has 2 aromatic heterocycles. The van der Waals surface area contributed by atoms with Gasteiger partial charge in [-0.05, 0) is 36.0 Å². The van der Waals surface area contributed by atoms with Gasteiger partial charge in [-0.2, -0.15) is 0 Å². The van der Waals surface area contributed by atoms with Gasteiger partial charge in [-0.3, -0.25) is 19.1 Å². The van der Waals surface area contributed by atoms with E-state index in [1.54, 1.807) is 10.6 Å². The predicted molar refractivity (Wildman–Crippen MR) is 110 cm³/mol. The van der Waals surface area contributed by atoms with Crippen LogP contribution in [0.25, 0.3) is 0 Å². The summed E-state index contributed by atoms with van der Waals surface area (Å²) in [5.74, 6) is 0.503. The summed E-state index contributed by atoms with van der Waals surface area (Å²) in [6.07, 6.45) is 3.73. The van der Waals surface area contributed by atoms with E-state index in [2.05, 4.69) is 14.7 Å². The molecule has 5 heterocycles. The highest BCUT2D eigenvalue weighted by Gasteiger charge is 2.44. The zero-order valence-electron chi connectivity index (χ0n) is 16.4. The molecule has 3 aliphatic heterocycles. The van der Waals surface area contributed by atoms with Crippen molar-refractivity contribution in [3.63, 3.8) is 0 Å². The van der Waals surface area contributed by atoms with Crippen LogP contribution in [0.15, 0.2) is 34.6 Å². The first kappa shape index (κ1) is 19.0. The lowest BCUT2D eigenvalue weighted by Crippen LogP contribution is -2.54. The number of carbonyl (C=O) groups is 1. The molecule has 0 aliphatic carbocycles.